The zero-order valence-corrected chi connectivity index (χ0v) is 6.03. The molecule has 0 atom stereocenters. The van der Waals surface area contributed by atoms with Gasteiger partial charge in [0, 0.05) is 7.05 Å². The Morgan fingerprint density at radius 1 is 1.80 bits per heavy atom. The molecule has 0 aliphatic rings. The van der Waals surface area contributed by atoms with Crippen LogP contribution in [-0.4, -0.2) is 21.9 Å². The molecule has 1 N–H and O–H groups in total. The third kappa shape index (κ3) is 1.52. The van der Waals surface area contributed by atoms with Crippen LogP contribution >= 0.6 is 0 Å². The van der Waals surface area contributed by atoms with Gasteiger partial charge in [-0.15, -0.1) is 0 Å². The number of rotatable bonds is 3. The van der Waals surface area contributed by atoms with Crippen molar-refractivity contribution in [2.24, 2.45) is 7.05 Å². The van der Waals surface area contributed by atoms with Gasteiger partial charge in [0.2, 0.25) is 0 Å². The Morgan fingerprint density at radius 3 is 3.10 bits per heavy atom. The van der Waals surface area contributed by atoms with E-state index in [1.807, 2.05) is 7.05 Å². The van der Waals surface area contributed by atoms with Gasteiger partial charge < -0.3 is 4.84 Å². The average Bonchev–Trinajstić information content (AvgIpc) is 2.31. The molecule has 0 amide bonds. The molecule has 0 saturated heterocycles. The summed E-state index contributed by atoms with van der Waals surface area (Å²) in [6.07, 6.45) is 1.51. The van der Waals surface area contributed by atoms with Crippen LogP contribution in [0.5, 0.6) is 0 Å². The topological polar surface area (TPSA) is 52.0 Å². The van der Waals surface area contributed by atoms with E-state index in [1.165, 1.54) is 6.33 Å². The fourth-order valence-corrected chi connectivity index (χ4v) is 0.617. The van der Waals surface area contributed by atoms with Gasteiger partial charge in [-0.05, 0) is 0 Å². The average molecular weight is 142 g/mol. The standard InChI is InChI=1S/C5H10N4O/c1-9-5(3-8-10-2)6-4-7-9/h4,8H,3H2,1-2H3. The van der Waals surface area contributed by atoms with Crippen molar-refractivity contribution in [1.82, 2.24) is 20.2 Å². The van der Waals surface area contributed by atoms with Crippen molar-refractivity contribution >= 4 is 0 Å². The Balaban J connectivity index is 2.49. The summed E-state index contributed by atoms with van der Waals surface area (Å²) in [6.45, 7) is 0.576. The molecule has 0 aliphatic carbocycles. The molecule has 0 unspecified atom stereocenters. The van der Waals surface area contributed by atoms with E-state index < -0.39 is 0 Å². The zero-order valence-electron chi connectivity index (χ0n) is 6.03. The van der Waals surface area contributed by atoms with Gasteiger partial charge in [0.25, 0.3) is 0 Å². The summed E-state index contributed by atoms with van der Waals surface area (Å²) in [6, 6.07) is 0. The summed E-state index contributed by atoms with van der Waals surface area (Å²) in [7, 11) is 3.40. The van der Waals surface area contributed by atoms with Crippen LogP contribution in [0.25, 0.3) is 0 Å². The van der Waals surface area contributed by atoms with Crippen molar-refractivity contribution in [3.8, 4) is 0 Å². The molecular weight excluding hydrogens is 132 g/mol. The first-order valence-corrected chi connectivity index (χ1v) is 2.93. The Labute approximate surface area is 59.0 Å². The maximum Gasteiger partial charge on any atom is 0.142 e. The molecule has 0 aliphatic heterocycles. The maximum absolute atomic E-state index is 4.64. The Hall–Kier alpha value is -0.940. The molecule has 5 heteroatoms. The fraction of sp³-hybridized carbons (Fsp3) is 0.600. The molecular formula is C5H10N4O. The van der Waals surface area contributed by atoms with E-state index in [0.717, 1.165) is 5.82 Å². The Morgan fingerprint density at radius 2 is 2.60 bits per heavy atom. The lowest BCUT2D eigenvalue weighted by Crippen LogP contribution is -2.14. The van der Waals surface area contributed by atoms with E-state index in [2.05, 4.69) is 20.4 Å². The summed E-state index contributed by atoms with van der Waals surface area (Å²) in [5, 5.41) is 3.88. The monoisotopic (exact) mass is 142 g/mol. The van der Waals surface area contributed by atoms with Crippen LogP contribution in [0, 0.1) is 0 Å². The lowest BCUT2D eigenvalue weighted by Gasteiger charge is -1.98. The van der Waals surface area contributed by atoms with E-state index in [0.29, 0.717) is 6.54 Å². The minimum absolute atomic E-state index is 0.576. The molecule has 0 radical (unpaired) electrons. The normalized spacial score (nSPS) is 10.2. The number of aryl methyl sites for hydroxylation is 1. The molecule has 1 heterocycles. The van der Waals surface area contributed by atoms with Crippen LogP contribution in [0.4, 0.5) is 0 Å². The molecule has 0 bridgehead atoms. The van der Waals surface area contributed by atoms with Crippen LogP contribution in [0.15, 0.2) is 6.33 Å². The molecule has 1 aromatic rings. The van der Waals surface area contributed by atoms with Gasteiger partial charge in [0.1, 0.15) is 12.2 Å². The van der Waals surface area contributed by atoms with Crippen molar-refractivity contribution in [3.63, 3.8) is 0 Å². The van der Waals surface area contributed by atoms with Crippen LogP contribution in [0.1, 0.15) is 5.82 Å². The molecule has 0 saturated carbocycles. The predicted molar refractivity (Wildman–Crippen MR) is 34.9 cm³/mol. The van der Waals surface area contributed by atoms with Crippen molar-refractivity contribution in [1.29, 1.82) is 0 Å². The van der Waals surface area contributed by atoms with E-state index in [9.17, 15) is 0 Å². The summed E-state index contributed by atoms with van der Waals surface area (Å²) >= 11 is 0. The van der Waals surface area contributed by atoms with Crippen molar-refractivity contribution in [2.75, 3.05) is 7.11 Å². The van der Waals surface area contributed by atoms with Gasteiger partial charge in [-0.25, -0.2) is 4.98 Å². The highest BCUT2D eigenvalue weighted by Gasteiger charge is 1.96. The van der Waals surface area contributed by atoms with E-state index in [4.69, 9.17) is 0 Å². The van der Waals surface area contributed by atoms with Gasteiger partial charge in [-0.2, -0.15) is 10.6 Å². The third-order valence-corrected chi connectivity index (χ3v) is 1.18. The Bertz CT molecular complexity index is 197. The number of aromatic nitrogens is 3. The number of nitrogens with one attached hydrogen (secondary N) is 1. The summed E-state index contributed by atoms with van der Waals surface area (Å²) in [5.74, 6) is 0.849. The summed E-state index contributed by atoms with van der Waals surface area (Å²) < 4.78 is 1.69. The van der Waals surface area contributed by atoms with Crippen LogP contribution in [0.3, 0.4) is 0 Å². The minimum atomic E-state index is 0.576. The number of nitrogens with zero attached hydrogens (tertiary/aromatic N) is 3. The second kappa shape index (κ2) is 3.28. The smallest absolute Gasteiger partial charge is 0.142 e. The van der Waals surface area contributed by atoms with Gasteiger partial charge in [-0.1, -0.05) is 0 Å². The number of hydroxylamine groups is 1. The first kappa shape index (κ1) is 7.17. The first-order chi connectivity index (χ1) is 4.84. The van der Waals surface area contributed by atoms with E-state index in [1.54, 1.807) is 11.8 Å². The van der Waals surface area contributed by atoms with Crippen molar-refractivity contribution in [2.45, 2.75) is 6.54 Å². The SMILES string of the molecule is CONCc1ncnn1C. The second-order valence-electron chi connectivity index (χ2n) is 1.83. The van der Waals surface area contributed by atoms with Gasteiger partial charge in [0.15, 0.2) is 0 Å². The minimum Gasteiger partial charge on any atom is -0.305 e. The zero-order chi connectivity index (χ0) is 7.40. The largest absolute Gasteiger partial charge is 0.305 e. The quantitative estimate of drug-likeness (QED) is 0.576. The molecule has 10 heavy (non-hydrogen) atoms. The molecule has 1 rings (SSSR count). The van der Waals surface area contributed by atoms with E-state index >= 15 is 0 Å². The maximum atomic E-state index is 4.64. The predicted octanol–water partition coefficient (Wildman–Crippen LogP) is -0.534. The van der Waals surface area contributed by atoms with Crippen LogP contribution < -0.4 is 5.48 Å². The van der Waals surface area contributed by atoms with Crippen LogP contribution in [0.2, 0.25) is 0 Å². The van der Waals surface area contributed by atoms with Gasteiger partial charge in [0.05, 0.1) is 13.7 Å². The third-order valence-electron chi connectivity index (χ3n) is 1.18. The molecule has 5 nitrogen and oxygen atoms in total. The number of hydrogen-bond donors (Lipinski definition) is 1. The van der Waals surface area contributed by atoms with Crippen molar-refractivity contribution in [3.05, 3.63) is 12.2 Å². The first-order valence-electron chi connectivity index (χ1n) is 2.93. The summed E-state index contributed by atoms with van der Waals surface area (Å²) in [5.41, 5.74) is 2.67. The van der Waals surface area contributed by atoms with E-state index in [-0.39, 0.29) is 0 Å². The van der Waals surface area contributed by atoms with Crippen LogP contribution in [-0.2, 0) is 18.4 Å². The molecule has 1 aromatic heterocycles. The highest BCUT2D eigenvalue weighted by molar-refractivity contribution is 4.80. The molecule has 0 fully saturated rings. The van der Waals surface area contributed by atoms with Crippen molar-refractivity contribution < 1.29 is 4.84 Å². The second-order valence-corrected chi connectivity index (χ2v) is 1.83. The fourth-order valence-electron chi connectivity index (χ4n) is 0.617. The van der Waals surface area contributed by atoms with Gasteiger partial charge in [-0.3, -0.25) is 4.68 Å². The molecule has 56 valence electrons. The highest BCUT2D eigenvalue weighted by Crippen LogP contribution is 1.87. The highest BCUT2D eigenvalue weighted by atomic mass is 16.6. The number of hydrogen-bond acceptors (Lipinski definition) is 4. The summed E-state index contributed by atoms with van der Waals surface area (Å²) in [4.78, 5) is 8.60. The lowest BCUT2D eigenvalue weighted by molar-refractivity contribution is 0.0840. The molecule has 0 spiro atoms. The molecule has 0 aromatic carbocycles. The lowest BCUT2D eigenvalue weighted by atomic mass is 10.6. The Kier molecular flexibility index (Phi) is 2.35. The van der Waals surface area contributed by atoms with Gasteiger partial charge >= 0.3 is 0 Å².